The van der Waals surface area contributed by atoms with E-state index in [0.29, 0.717) is 36.8 Å². The third-order valence-electron chi connectivity index (χ3n) is 7.67. The van der Waals surface area contributed by atoms with Crippen LogP contribution in [0.25, 0.3) is 0 Å². The molecule has 3 amide bonds. The van der Waals surface area contributed by atoms with Crippen LogP contribution in [0.15, 0.2) is 0 Å². The topological polar surface area (TPSA) is 73.9 Å². The van der Waals surface area contributed by atoms with E-state index in [1.165, 1.54) is 45.2 Å². The van der Waals surface area contributed by atoms with Crippen LogP contribution in [-0.2, 0) is 9.53 Å². The number of hydrogen-bond donors (Lipinski definition) is 2. The van der Waals surface area contributed by atoms with Crippen LogP contribution in [0.4, 0.5) is 4.79 Å². The maximum absolute atomic E-state index is 13.1. The summed E-state index contributed by atoms with van der Waals surface area (Å²) in [6, 6.07) is 1.19. The minimum atomic E-state index is -0.0245. The average Bonchev–Trinajstić information content (AvgIpc) is 3.33. The molecule has 4 fully saturated rings. The van der Waals surface area contributed by atoms with Gasteiger partial charge >= 0.3 is 6.03 Å². The normalized spacial score (nSPS) is 32.8. The fraction of sp³-hybridized carbons (Fsp3) is 0.913. The van der Waals surface area contributed by atoms with Crippen LogP contribution in [0.5, 0.6) is 0 Å². The van der Waals surface area contributed by atoms with Crippen LogP contribution in [0.1, 0.15) is 57.8 Å². The van der Waals surface area contributed by atoms with E-state index in [0.717, 1.165) is 31.6 Å². The van der Waals surface area contributed by atoms with Gasteiger partial charge in [-0.2, -0.15) is 11.8 Å². The van der Waals surface area contributed by atoms with Crippen molar-refractivity contribution in [1.82, 2.24) is 20.4 Å². The number of fused-ring (bicyclic) bond motifs is 2. The van der Waals surface area contributed by atoms with E-state index in [2.05, 4.69) is 20.4 Å². The summed E-state index contributed by atoms with van der Waals surface area (Å²) in [5, 5.41) is 6.54. The van der Waals surface area contributed by atoms with Crippen molar-refractivity contribution in [1.29, 1.82) is 0 Å². The van der Waals surface area contributed by atoms with Gasteiger partial charge in [0.05, 0.1) is 18.7 Å². The first kappa shape index (κ1) is 23.2. The Bertz CT molecular complexity index is 620. The van der Waals surface area contributed by atoms with Crippen molar-refractivity contribution in [3.8, 4) is 0 Å². The first-order chi connectivity index (χ1) is 15.2. The molecule has 31 heavy (non-hydrogen) atoms. The molecule has 8 heteroatoms. The Morgan fingerprint density at radius 2 is 2.06 bits per heavy atom. The van der Waals surface area contributed by atoms with E-state index in [4.69, 9.17) is 4.74 Å². The Kier molecular flexibility index (Phi) is 8.40. The van der Waals surface area contributed by atoms with Gasteiger partial charge in [-0.3, -0.25) is 4.79 Å². The summed E-state index contributed by atoms with van der Waals surface area (Å²) in [6.45, 7) is 4.69. The number of amides is 3. The number of piperidine rings is 2. The van der Waals surface area contributed by atoms with E-state index in [1.807, 2.05) is 11.8 Å². The summed E-state index contributed by atoms with van der Waals surface area (Å²) in [5.41, 5.74) is 0. The number of hydrogen-bond acceptors (Lipinski definition) is 5. The lowest BCUT2D eigenvalue weighted by molar-refractivity contribution is -0.133. The molecule has 5 atom stereocenters. The maximum Gasteiger partial charge on any atom is 0.315 e. The number of rotatable bonds is 10. The van der Waals surface area contributed by atoms with Crippen LogP contribution in [0.3, 0.4) is 0 Å². The highest BCUT2D eigenvalue weighted by Gasteiger charge is 2.42. The van der Waals surface area contributed by atoms with Gasteiger partial charge in [-0.1, -0.05) is 12.8 Å². The van der Waals surface area contributed by atoms with E-state index >= 15 is 0 Å². The smallest absolute Gasteiger partial charge is 0.315 e. The number of nitrogens with zero attached hydrogens (tertiary/aromatic N) is 2. The Morgan fingerprint density at radius 1 is 1.19 bits per heavy atom. The molecule has 0 aliphatic carbocycles. The molecule has 4 rings (SSSR count). The molecule has 4 heterocycles. The lowest BCUT2D eigenvalue weighted by Crippen LogP contribution is -2.52. The van der Waals surface area contributed by atoms with Gasteiger partial charge in [0.25, 0.3) is 0 Å². The summed E-state index contributed by atoms with van der Waals surface area (Å²) >= 11 is 1.95. The van der Waals surface area contributed by atoms with E-state index in [-0.39, 0.29) is 24.0 Å². The molecule has 0 aromatic heterocycles. The number of ether oxygens (including phenoxy) is 1. The lowest BCUT2D eigenvalue weighted by atomic mass is 9.83. The molecule has 0 aromatic carbocycles. The zero-order valence-electron chi connectivity index (χ0n) is 19.0. The van der Waals surface area contributed by atoms with Crippen molar-refractivity contribution in [3.63, 3.8) is 0 Å². The second kappa shape index (κ2) is 11.2. The van der Waals surface area contributed by atoms with Gasteiger partial charge in [0.15, 0.2) is 0 Å². The number of methoxy groups -OCH3 is 1. The van der Waals surface area contributed by atoms with Gasteiger partial charge < -0.3 is 25.2 Å². The quantitative estimate of drug-likeness (QED) is 0.393. The van der Waals surface area contributed by atoms with Gasteiger partial charge in [0.1, 0.15) is 0 Å². The van der Waals surface area contributed by atoms with Crippen LogP contribution in [0, 0.1) is 5.92 Å². The Balaban J connectivity index is 1.22. The highest BCUT2D eigenvalue weighted by atomic mass is 32.2. The largest absolute Gasteiger partial charge is 0.383 e. The SMILES string of the molecule is COCCN(C[C@@H]1CCCN2CCCC[C@H]12)C(=O)CCCC[C@H]1SC[C@@H]2NC(=O)N[C@@H]21. The van der Waals surface area contributed by atoms with Crippen LogP contribution in [0.2, 0.25) is 0 Å². The van der Waals surface area contributed by atoms with E-state index in [9.17, 15) is 9.59 Å². The molecule has 0 unspecified atom stereocenters. The zero-order valence-corrected chi connectivity index (χ0v) is 19.8. The van der Waals surface area contributed by atoms with E-state index in [1.54, 1.807) is 7.11 Å². The molecule has 0 saturated carbocycles. The van der Waals surface area contributed by atoms with Crippen molar-refractivity contribution in [3.05, 3.63) is 0 Å². The van der Waals surface area contributed by atoms with Crippen molar-refractivity contribution in [2.24, 2.45) is 5.92 Å². The minimum Gasteiger partial charge on any atom is -0.383 e. The van der Waals surface area contributed by atoms with E-state index < -0.39 is 0 Å². The van der Waals surface area contributed by atoms with Crippen molar-refractivity contribution < 1.29 is 14.3 Å². The number of carbonyl (C=O) groups excluding carboxylic acids is 2. The molecule has 176 valence electrons. The first-order valence-electron chi connectivity index (χ1n) is 12.3. The van der Waals surface area contributed by atoms with Crippen LogP contribution < -0.4 is 10.6 Å². The zero-order chi connectivity index (χ0) is 21.6. The molecular formula is C23H40N4O3S. The number of unbranched alkanes of at least 4 members (excludes halogenated alkanes) is 1. The molecular weight excluding hydrogens is 412 g/mol. The second-order valence-electron chi connectivity index (χ2n) is 9.70. The van der Waals surface area contributed by atoms with Crippen molar-refractivity contribution in [2.75, 3.05) is 45.6 Å². The van der Waals surface area contributed by atoms with Crippen LogP contribution >= 0.6 is 11.8 Å². The summed E-state index contributed by atoms with van der Waals surface area (Å²) < 4.78 is 5.31. The van der Waals surface area contributed by atoms with Gasteiger partial charge in [-0.15, -0.1) is 0 Å². The number of carbonyl (C=O) groups is 2. The Hall–Kier alpha value is -0.990. The maximum atomic E-state index is 13.1. The highest BCUT2D eigenvalue weighted by Crippen LogP contribution is 2.34. The summed E-state index contributed by atoms with van der Waals surface area (Å²) in [7, 11) is 1.72. The monoisotopic (exact) mass is 452 g/mol. The Labute approximate surface area is 191 Å². The molecule has 4 saturated heterocycles. The van der Waals surface area contributed by atoms with Gasteiger partial charge in [0, 0.05) is 43.7 Å². The standard InChI is InChI=1S/C23H40N4O3S/c1-30-14-13-27(15-17-7-6-12-26-11-5-4-8-19(17)26)21(28)10-3-2-9-20-22-18(16-31-20)24-23(29)25-22/h17-20,22H,2-16H2,1H3,(H2,24,25,29)/t17-,18-,19+,20+,22-/m0/s1. The first-order valence-corrected chi connectivity index (χ1v) is 13.4. The predicted molar refractivity (Wildman–Crippen MR) is 124 cm³/mol. The molecule has 0 spiro atoms. The summed E-state index contributed by atoms with van der Waals surface area (Å²) in [4.78, 5) is 29.4. The van der Waals surface area contributed by atoms with Crippen LogP contribution in [-0.4, -0.2) is 90.8 Å². The predicted octanol–water partition coefficient (Wildman–Crippen LogP) is 2.45. The third kappa shape index (κ3) is 5.88. The summed E-state index contributed by atoms with van der Waals surface area (Å²) in [6.07, 6.45) is 10.1. The Morgan fingerprint density at radius 3 is 2.94 bits per heavy atom. The highest BCUT2D eigenvalue weighted by molar-refractivity contribution is 8.00. The molecule has 0 radical (unpaired) electrons. The average molecular weight is 453 g/mol. The third-order valence-corrected chi connectivity index (χ3v) is 9.18. The minimum absolute atomic E-state index is 0.0245. The molecule has 4 aliphatic heterocycles. The second-order valence-corrected chi connectivity index (χ2v) is 11.0. The number of urea groups is 1. The fourth-order valence-corrected chi connectivity index (χ4v) is 7.56. The van der Waals surface area contributed by atoms with Crippen molar-refractivity contribution >= 4 is 23.7 Å². The molecule has 0 bridgehead atoms. The van der Waals surface area contributed by atoms with Gasteiger partial charge in [0.2, 0.25) is 5.91 Å². The number of nitrogens with one attached hydrogen (secondary N) is 2. The summed E-state index contributed by atoms with van der Waals surface area (Å²) in [5.74, 6) is 1.90. The molecule has 0 aromatic rings. The molecule has 7 nitrogen and oxygen atoms in total. The lowest BCUT2D eigenvalue weighted by Gasteiger charge is -2.45. The van der Waals surface area contributed by atoms with Crippen molar-refractivity contribution in [2.45, 2.75) is 81.2 Å². The van der Waals surface area contributed by atoms with Gasteiger partial charge in [-0.25, -0.2) is 4.79 Å². The molecule has 4 aliphatic rings. The van der Waals surface area contributed by atoms with Gasteiger partial charge in [-0.05, 0) is 57.5 Å². The fourth-order valence-electron chi connectivity index (χ4n) is 6.02. The molecule has 2 N–H and O–H groups in total. The number of thioether (sulfide) groups is 1.